The van der Waals surface area contributed by atoms with Crippen LogP contribution in [0.3, 0.4) is 0 Å². The summed E-state index contributed by atoms with van der Waals surface area (Å²) in [6.45, 7) is 16.7. The van der Waals surface area contributed by atoms with Crippen LogP contribution in [-0.2, 0) is 33.5 Å². The zero-order valence-electron chi connectivity index (χ0n) is 41.7. The Bertz CT molecular complexity index is 2320. The lowest BCUT2D eigenvalue weighted by atomic mass is 9.65. The maximum atomic E-state index is 12.2. The number of Topliss-reactive ketones (excluding diaryl/α,β-unsaturated/α-hetero) is 1. The Morgan fingerprint density at radius 3 is 1.41 bits per heavy atom. The second-order valence-electron chi connectivity index (χ2n) is 22.3. The molecule has 0 bridgehead atoms. The highest BCUT2D eigenvalue weighted by Crippen LogP contribution is 2.50. The summed E-state index contributed by atoms with van der Waals surface area (Å²) in [4.78, 5) is 38.6. The molecule has 0 aromatic heterocycles. The Hall–Kier alpha value is -6.30. The molecule has 3 aliphatic heterocycles. The van der Waals surface area contributed by atoms with E-state index in [0.717, 1.165) is 73.4 Å². The second kappa shape index (κ2) is 22.4. The number of ketones is 1. The number of likely N-dealkylation sites (tertiary alicyclic amines) is 2. The molecular formula is C55H73N9O5. The van der Waals surface area contributed by atoms with Crippen molar-refractivity contribution in [3.63, 3.8) is 0 Å². The van der Waals surface area contributed by atoms with E-state index in [2.05, 4.69) is 46.3 Å². The highest BCUT2D eigenvalue weighted by Gasteiger charge is 2.51. The third-order valence-electron chi connectivity index (χ3n) is 13.9. The summed E-state index contributed by atoms with van der Waals surface area (Å²) in [5.74, 6) is 0.325. The molecule has 3 aromatic rings. The molecule has 0 atom stereocenters. The summed E-state index contributed by atoms with van der Waals surface area (Å²) < 4.78 is 10.8. The van der Waals surface area contributed by atoms with Crippen molar-refractivity contribution in [1.29, 1.82) is 15.8 Å². The number of hydrogen-bond donors (Lipinski definition) is 4. The number of anilines is 3. The van der Waals surface area contributed by atoms with Crippen LogP contribution in [-0.4, -0.2) is 90.3 Å². The van der Waals surface area contributed by atoms with Crippen molar-refractivity contribution in [2.24, 2.45) is 16.2 Å². The lowest BCUT2D eigenvalue weighted by Gasteiger charge is -2.45. The summed E-state index contributed by atoms with van der Waals surface area (Å²) in [7, 11) is 0. The first-order valence-electron chi connectivity index (χ1n) is 24.6. The van der Waals surface area contributed by atoms with Gasteiger partial charge in [-0.1, -0.05) is 36.4 Å². The van der Waals surface area contributed by atoms with Gasteiger partial charge in [-0.15, -0.1) is 0 Å². The number of nitrogen functional groups attached to an aromatic ring is 1. The quantitative estimate of drug-likeness (QED) is 0.163. The van der Waals surface area contributed by atoms with Gasteiger partial charge in [-0.3, -0.25) is 4.79 Å². The van der Waals surface area contributed by atoms with Crippen LogP contribution in [0, 0.1) is 50.2 Å². The Morgan fingerprint density at radius 2 is 1.03 bits per heavy atom. The molecule has 3 saturated heterocycles. The lowest BCUT2D eigenvalue weighted by molar-refractivity contribution is -0.132. The van der Waals surface area contributed by atoms with Gasteiger partial charge >= 0.3 is 12.2 Å². The number of hydrogen-bond acceptors (Lipinski definition) is 12. The van der Waals surface area contributed by atoms with Crippen molar-refractivity contribution in [2.45, 2.75) is 142 Å². The monoisotopic (exact) mass is 940 g/mol. The summed E-state index contributed by atoms with van der Waals surface area (Å²) in [6, 6.07) is 31.1. The predicted octanol–water partition coefficient (Wildman–Crippen LogP) is 9.57. The molecule has 6 fully saturated rings. The number of rotatable bonds is 7. The molecule has 3 heterocycles. The van der Waals surface area contributed by atoms with E-state index in [4.69, 9.17) is 31.0 Å². The van der Waals surface area contributed by atoms with Crippen LogP contribution >= 0.6 is 0 Å². The number of amides is 2. The number of nitrogens with one attached hydrogen (secondary N) is 3. The van der Waals surface area contributed by atoms with Crippen molar-refractivity contribution < 1.29 is 23.9 Å². The maximum absolute atomic E-state index is 12.2. The van der Waals surface area contributed by atoms with E-state index in [-0.39, 0.29) is 23.0 Å². The Labute approximate surface area is 409 Å². The highest BCUT2D eigenvalue weighted by atomic mass is 16.6. The van der Waals surface area contributed by atoms with Crippen molar-refractivity contribution in [2.75, 3.05) is 55.6 Å². The Balaban J connectivity index is 0.000000158. The van der Waals surface area contributed by atoms with Crippen molar-refractivity contribution in [3.8, 4) is 18.2 Å². The van der Waals surface area contributed by atoms with Gasteiger partial charge in [-0.05, 0) is 157 Å². The molecule has 14 heteroatoms. The second-order valence-corrected chi connectivity index (χ2v) is 22.3. The molecule has 0 unspecified atom stereocenters. The molecule has 3 aromatic carbocycles. The van der Waals surface area contributed by atoms with Gasteiger partial charge in [-0.25, -0.2) is 9.59 Å². The van der Waals surface area contributed by atoms with Crippen LogP contribution in [0.4, 0.5) is 26.7 Å². The average molecular weight is 940 g/mol. The van der Waals surface area contributed by atoms with Crippen LogP contribution in [0.2, 0.25) is 0 Å². The van der Waals surface area contributed by atoms with Crippen LogP contribution < -0.4 is 21.7 Å². The van der Waals surface area contributed by atoms with Gasteiger partial charge in [-0.2, -0.15) is 15.8 Å². The SMILES string of the molecule is CC(C)(C)OC(=O)N1CCC2(CC(=O)C2)C1.CC(C)(C)OC(=O)N1CCC2(CC(Nc3ccc(CC#N)cc3)C2)C1.N#CCc1ccc(N)cc1.N#CCc1ccc(NC2CC3(CCNC3)C2)cc1. The molecular weight excluding hydrogens is 867 g/mol. The average Bonchev–Trinajstić information content (AvgIpc) is 4.03. The van der Waals surface area contributed by atoms with Crippen molar-refractivity contribution >= 4 is 35.0 Å². The smallest absolute Gasteiger partial charge is 0.410 e. The minimum atomic E-state index is -0.442. The highest BCUT2D eigenvalue weighted by molar-refractivity contribution is 5.86. The van der Waals surface area contributed by atoms with E-state index in [0.29, 0.717) is 61.9 Å². The third-order valence-corrected chi connectivity index (χ3v) is 13.9. The third kappa shape index (κ3) is 15.3. The number of carbonyl (C=O) groups is 3. The van der Waals surface area contributed by atoms with Crippen LogP contribution in [0.1, 0.15) is 116 Å². The molecule has 3 saturated carbocycles. The molecule has 14 nitrogen and oxygen atoms in total. The van der Waals surface area contributed by atoms with E-state index in [9.17, 15) is 14.4 Å². The van der Waals surface area contributed by atoms with Gasteiger partial charge in [0.1, 0.15) is 17.0 Å². The van der Waals surface area contributed by atoms with Crippen LogP contribution in [0.25, 0.3) is 0 Å². The predicted molar refractivity (Wildman–Crippen MR) is 269 cm³/mol. The molecule has 2 amide bonds. The molecule has 3 aliphatic carbocycles. The molecule has 0 radical (unpaired) electrons. The normalized spacial score (nSPS) is 23.7. The van der Waals surface area contributed by atoms with E-state index in [1.807, 2.05) is 95.0 Å². The zero-order chi connectivity index (χ0) is 49.9. The number of ether oxygens (including phenoxy) is 2. The Kier molecular flexibility index (Phi) is 16.9. The van der Waals surface area contributed by atoms with Gasteiger partial charge in [0.2, 0.25) is 0 Å². The fourth-order valence-corrected chi connectivity index (χ4v) is 10.4. The first-order chi connectivity index (χ1) is 32.7. The van der Waals surface area contributed by atoms with Crippen molar-refractivity contribution in [3.05, 3.63) is 89.5 Å². The van der Waals surface area contributed by atoms with Gasteiger partial charge < -0.3 is 41.0 Å². The number of nitrogens with zero attached hydrogens (tertiary/aromatic N) is 5. The minimum Gasteiger partial charge on any atom is -0.444 e. The lowest BCUT2D eigenvalue weighted by Crippen LogP contribution is -2.47. The number of benzene rings is 3. The first-order valence-corrected chi connectivity index (χ1v) is 24.6. The van der Waals surface area contributed by atoms with Crippen molar-refractivity contribution in [1.82, 2.24) is 15.1 Å². The molecule has 3 spiro atoms. The number of nitriles is 3. The molecule has 5 N–H and O–H groups in total. The van der Waals surface area contributed by atoms with Gasteiger partial charge in [0.15, 0.2) is 0 Å². The first kappa shape index (κ1) is 52.1. The van der Waals surface area contributed by atoms with E-state index >= 15 is 0 Å². The summed E-state index contributed by atoms with van der Waals surface area (Å²) in [5, 5.41) is 36.3. The maximum Gasteiger partial charge on any atom is 0.410 e. The molecule has 9 rings (SSSR count). The largest absolute Gasteiger partial charge is 0.444 e. The minimum absolute atomic E-state index is 0.0913. The topological polar surface area (TPSA) is 210 Å². The summed E-state index contributed by atoms with van der Waals surface area (Å²) >= 11 is 0. The fourth-order valence-electron chi connectivity index (χ4n) is 10.4. The Morgan fingerprint density at radius 1 is 0.638 bits per heavy atom. The van der Waals surface area contributed by atoms with Gasteiger partial charge in [0.25, 0.3) is 0 Å². The number of carbonyl (C=O) groups excluding carboxylic acids is 3. The summed E-state index contributed by atoms with van der Waals surface area (Å²) in [6.07, 6.45) is 10.4. The van der Waals surface area contributed by atoms with Gasteiger partial charge in [0.05, 0.1) is 37.5 Å². The molecule has 6 aliphatic rings. The van der Waals surface area contributed by atoms with Crippen LogP contribution in [0.5, 0.6) is 0 Å². The van der Waals surface area contributed by atoms with E-state index in [1.165, 1.54) is 38.0 Å². The molecule has 69 heavy (non-hydrogen) atoms. The van der Waals surface area contributed by atoms with Crippen LogP contribution in [0.15, 0.2) is 72.8 Å². The fraction of sp³-hybridized carbons (Fsp3) is 0.564. The van der Waals surface area contributed by atoms with E-state index < -0.39 is 11.2 Å². The summed E-state index contributed by atoms with van der Waals surface area (Å²) in [5.41, 5.74) is 11.7. The molecule has 368 valence electrons. The number of nitrogens with two attached hydrogens (primary N) is 1. The zero-order valence-corrected chi connectivity index (χ0v) is 41.7. The standard InChI is InChI=1S/C20H27N3O2.C15H19N3.C12H19NO3.C8H8N2/c1-19(2,3)25-18(24)23-11-9-20(14-23)12-17(13-20)22-16-6-4-15(5-7-16)8-10-21;16-7-5-12-1-3-13(4-2-12)18-14-9-15(10-14)6-8-17-11-15;1-11(2,3)16-10(15)13-5-4-12(8-13)6-9(14)7-12;9-6-5-7-1-3-8(10)4-2-7/h4-7,17,22H,8-9,11-14H2,1-3H3;1-4,14,17-18H,5-6,8-11H2;4-8H2,1-3H3;1-4H,5,10H2. The van der Waals surface area contributed by atoms with E-state index in [1.54, 1.807) is 17.0 Å². The van der Waals surface area contributed by atoms with Gasteiger partial charge in [0, 0.05) is 80.1 Å².